The number of nitrogens with two attached hydrogens (primary N) is 1. The fourth-order valence-electron chi connectivity index (χ4n) is 1.15. The second-order valence-corrected chi connectivity index (χ2v) is 3.95. The molecular formula is C10H20N2O3. The van der Waals surface area contributed by atoms with Gasteiger partial charge in [0, 0.05) is 18.9 Å². The molecule has 0 aliphatic heterocycles. The molecule has 15 heavy (non-hydrogen) atoms. The maximum Gasteiger partial charge on any atom is 0.303 e. The molecule has 0 saturated heterocycles. The van der Waals surface area contributed by atoms with Gasteiger partial charge in [0.05, 0.1) is 0 Å². The number of carboxylic acid groups (broad SMARTS) is 1. The van der Waals surface area contributed by atoms with Gasteiger partial charge >= 0.3 is 5.97 Å². The molecule has 4 N–H and O–H groups in total. The Morgan fingerprint density at radius 3 is 2.47 bits per heavy atom. The minimum Gasteiger partial charge on any atom is -0.481 e. The smallest absolute Gasteiger partial charge is 0.303 e. The molecule has 0 radical (unpaired) electrons. The number of carboxylic acids is 1. The van der Waals surface area contributed by atoms with Crippen LogP contribution in [0.5, 0.6) is 0 Å². The van der Waals surface area contributed by atoms with E-state index in [0.717, 1.165) is 0 Å². The molecule has 0 saturated carbocycles. The molecule has 0 aromatic heterocycles. The second-order valence-electron chi connectivity index (χ2n) is 3.95. The van der Waals surface area contributed by atoms with E-state index in [1.54, 1.807) is 6.92 Å². The highest BCUT2D eigenvalue weighted by molar-refractivity contribution is 5.76. The van der Waals surface area contributed by atoms with Crippen LogP contribution in [0.15, 0.2) is 0 Å². The SMILES string of the molecule is CC(CN)CC(=O)NC(C)CCC(=O)O. The number of nitrogens with one attached hydrogen (secondary N) is 1. The van der Waals surface area contributed by atoms with Crippen LogP contribution >= 0.6 is 0 Å². The maximum absolute atomic E-state index is 11.4. The van der Waals surface area contributed by atoms with E-state index in [1.165, 1.54) is 0 Å². The third-order valence-electron chi connectivity index (χ3n) is 2.13. The van der Waals surface area contributed by atoms with Gasteiger partial charge in [0.25, 0.3) is 0 Å². The Labute approximate surface area is 90.0 Å². The Hall–Kier alpha value is -1.10. The monoisotopic (exact) mass is 216 g/mol. The fraction of sp³-hybridized carbons (Fsp3) is 0.800. The average molecular weight is 216 g/mol. The van der Waals surface area contributed by atoms with Gasteiger partial charge in [-0.3, -0.25) is 9.59 Å². The minimum atomic E-state index is -0.841. The molecule has 2 atom stereocenters. The fourth-order valence-corrected chi connectivity index (χ4v) is 1.15. The second kappa shape index (κ2) is 7.23. The van der Waals surface area contributed by atoms with Crippen molar-refractivity contribution in [3.05, 3.63) is 0 Å². The third kappa shape index (κ3) is 7.93. The summed E-state index contributed by atoms with van der Waals surface area (Å²) in [5.74, 6) is -0.742. The normalized spacial score (nSPS) is 14.3. The Kier molecular flexibility index (Phi) is 6.70. The van der Waals surface area contributed by atoms with Crippen LogP contribution in [-0.4, -0.2) is 29.6 Å². The standard InChI is InChI=1S/C10H20N2O3/c1-7(6-11)5-9(13)12-8(2)3-4-10(14)15/h7-8H,3-6,11H2,1-2H3,(H,12,13)(H,14,15). The zero-order chi connectivity index (χ0) is 11.8. The number of hydrogen-bond donors (Lipinski definition) is 3. The first kappa shape index (κ1) is 13.9. The molecule has 0 fully saturated rings. The van der Waals surface area contributed by atoms with Gasteiger partial charge in [-0.05, 0) is 25.8 Å². The zero-order valence-corrected chi connectivity index (χ0v) is 9.32. The van der Waals surface area contributed by atoms with E-state index < -0.39 is 5.97 Å². The van der Waals surface area contributed by atoms with Crippen LogP contribution in [-0.2, 0) is 9.59 Å². The molecule has 0 aromatic carbocycles. The van der Waals surface area contributed by atoms with E-state index in [2.05, 4.69) is 5.32 Å². The molecule has 1 amide bonds. The van der Waals surface area contributed by atoms with Crippen molar-refractivity contribution in [1.82, 2.24) is 5.32 Å². The van der Waals surface area contributed by atoms with Crippen molar-refractivity contribution in [2.24, 2.45) is 11.7 Å². The van der Waals surface area contributed by atoms with Crippen molar-refractivity contribution in [3.63, 3.8) is 0 Å². The number of aliphatic carboxylic acids is 1. The minimum absolute atomic E-state index is 0.0640. The molecule has 5 heteroatoms. The van der Waals surface area contributed by atoms with Crippen LogP contribution in [0.1, 0.15) is 33.1 Å². The van der Waals surface area contributed by atoms with Crippen LogP contribution in [0.2, 0.25) is 0 Å². The highest BCUT2D eigenvalue weighted by Gasteiger charge is 2.11. The topological polar surface area (TPSA) is 92.4 Å². The number of carbonyl (C=O) groups is 2. The molecule has 0 aliphatic rings. The number of amides is 1. The van der Waals surface area contributed by atoms with Gasteiger partial charge in [-0.15, -0.1) is 0 Å². The van der Waals surface area contributed by atoms with E-state index >= 15 is 0 Å². The van der Waals surface area contributed by atoms with E-state index in [1.807, 2.05) is 6.92 Å². The van der Waals surface area contributed by atoms with E-state index in [-0.39, 0.29) is 24.3 Å². The summed E-state index contributed by atoms with van der Waals surface area (Å²) in [4.78, 5) is 21.6. The number of hydrogen-bond acceptors (Lipinski definition) is 3. The third-order valence-corrected chi connectivity index (χ3v) is 2.13. The van der Waals surface area contributed by atoms with Crippen molar-refractivity contribution < 1.29 is 14.7 Å². The molecular weight excluding hydrogens is 196 g/mol. The van der Waals surface area contributed by atoms with Gasteiger partial charge in [-0.2, -0.15) is 0 Å². The Bertz CT molecular complexity index is 219. The van der Waals surface area contributed by atoms with E-state index in [0.29, 0.717) is 19.4 Å². The van der Waals surface area contributed by atoms with Crippen molar-refractivity contribution in [3.8, 4) is 0 Å². The predicted molar refractivity (Wildman–Crippen MR) is 57.3 cm³/mol. The van der Waals surface area contributed by atoms with E-state index in [9.17, 15) is 9.59 Å². The quantitative estimate of drug-likeness (QED) is 0.572. The Morgan fingerprint density at radius 1 is 1.40 bits per heavy atom. The molecule has 0 aliphatic carbocycles. The maximum atomic E-state index is 11.4. The summed E-state index contributed by atoms with van der Waals surface area (Å²) in [7, 11) is 0. The summed E-state index contributed by atoms with van der Waals surface area (Å²) in [5.41, 5.74) is 5.39. The summed E-state index contributed by atoms with van der Waals surface area (Å²) in [6, 6.07) is -0.0985. The van der Waals surface area contributed by atoms with Crippen LogP contribution < -0.4 is 11.1 Å². The van der Waals surface area contributed by atoms with Crippen LogP contribution in [0.4, 0.5) is 0 Å². The molecule has 0 heterocycles. The molecule has 0 aromatic rings. The molecule has 0 spiro atoms. The number of rotatable bonds is 7. The summed E-state index contributed by atoms with van der Waals surface area (Å²) in [5, 5.41) is 11.2. The van der Waals surface area contributed by atoms with Crippen LogP contribution in [0, 0.1) is 5.92 Å². The Morgan fingerprint density at radius 2 is 2.00 bits per heavy atom. The van der Waals surface area contributed by atoms with Gasteiger partial charge in [-0.1, -0.05) is 6.92 Å². The summed E-state index contributed by atoms with van der Waals surface area (Å²) in [6.45, 7) is 4.19. The van der Waals surface area contributed by atoms with Gasteiger partial charge in [0.15, 0.2) is 0 Å². The first-order valence-corrected chi connectivity index (χ1v) is 5.17. The Balaban J connectivity index is 3.71. The predicted octanol–water partition coefficient (Wildman–Crippen LogP) is 0.341. The lowest BCUT2D eigenvalue weighted by Gasteiger charge is -2.14. The van der Waals surface area contributed by atoms with Gasteiger partial charge < -0.3 is 16.2 Å². The lowest BCUT2D eigenvalue weighted by Crippen LogP contribution is -2.34. The average Bonchev–Trinajstić information content (AvgIpc) is 2.14. The summed E-state index contributed by atoms with van der Waals surface area (Å²) >= 11 is 0. The molecule has 88 valence electrons. The van der Waals surface area contributed by atoms with Gasteiger partial charge in [0.2, 0.25) is 5.91 Å². The highest BCUT2D eigenvalue weighted by atomic mass is 16.4. The summed E-state index contributed by atoms with van der Waals surface area (Å²) in [6.07, 6.45) is 0.930. The van der Waals surface area contributed by atoms with Gasteiger partial charge in [-0.25, -0.2) is 0 Å². The van der Waals surface area contributed by atoms with Crippen LogP contribution in [0.3, 0.4) is 0 Å². The van der Waals surface area contributed by atoms with Crippen molar-refractivity contribution in [1.29, 1.82) is 0 Å². The molecule has 2 unspecified atom stereocenters. The van der Waals surface area contributed by atoms with Gasteiger partial charge in [0.1, 0.15) is 0 Å². The molecule has 5 nitrogen and oxygen atoms in total. The molecule has 0 bridgehead atoms. The summed E-state index contributed by atoms with van der Waals surface area (Å²) < 4.78 is 0. The number of carbonyl (C=O) groups excluding carboxylic acids is 1. The lowest BCUT2D eigenvalue weighted by molar-refractivity contribution is -0.137. The largest absolute Gasteiger partial charge is 0.481 e. The first-order valence-electron chi connectivity index (χ1n) is 5.17. The highest BCUT2D eigenvalue weighted by Crippen LogP contribution is 2.01. The lowest BCUT2D eigenvalue weighted by atomic mass is 10.1. The molecule has 0 rings (SSSR count). The van der Waals surface area contributed by atoms with E-state index in [4.69, 9.17) is 10.8 Å². The zero-order valence-electron chi connectivity index (χ0n) is 9.32. The van der Waals surface area contributed by atoms with Crippen LogP contribution in [0.25, 0.3) is 0 Å². The van der Waals surface area contributed by atoms with Crippen molar-refractivity contribution in [2.45, 2.75) is 39.2 Å². The first-order chi connectivity index (χ1) is 6.95. The van der Waals surface area contributed by atoms with Crippen molar-refractivity contribution >= 4 is 11.9 Å². The van der Waals surface area contributed by atoms with Crippen molar-refractivity contribution in [2.75, 3.05) is 6.54 Å².